The summed E-state index contributed by atoms with van der Waals surface area (Å²) in [5, 5.41) is 2.48. The van der Waals surface area contributed by atoms with E-state index in [4.69, 9.17) is 19.3 Å². The predicted octanol–water partition coefficient (Wildman–Crippen LogP) is 0.0612. The standard InChI is InChI=1S/C14H17FN5O8P/c1-6(21)19-12-10-13(17-4-16-12)20(5-18-10)14-11(27-7(2)22)9(15)8(28-14)3-26-29(23,24)25/h4-5,8-9,11,14H,3H2,1-2H3,(H2,23,24,25)(H,16,17,19,21). The summed E-state index contributed by atoms with van der Waals surface area (Å²) in [6.07, 6.45) is -3.75. The molecule has 3 heterocycles. The molecule has 4 unspecified atom stereocenters. The van der Waals surface area contributed by atoms with Crippen molar-refractivity contribution in [2.75, 3.05) is 11.9 Å². The molecule has 0 radical (unpaired) electrons. The summed E-state index contributed by atoms with van der Waals surface area (Å²) < 4.78 is 41.8. The maximum absolute atomic E-state index is 14.8. The quantitative estimate of drug-likeness (QED) is 0.415. The number of hydrogen-bond acceptors (Lipinski definition) is 9. The van der Waals surface area contributed by atoms with Gasteiger partial charge in [0, 0.05) is 13.8 Å². The largest absolute Gasteiger partial charge is 0.469 e. The summed E-state index contributed by atoms with van der Waals surface area (Å²) in [6, 6.07) is 0. The van der Waals surface area contributed by atoms with E-state index in [-0.39, 0.29) is 17.0 Å². The lowest BCUT2D eigenvalue weighted by Gasteiger charge is -2.20. The molecule has 1 aliphatic heterocycles. The number of imidazole rings is 1. The molecule has 13 nitrogen and oxygen atoms in total. The smallest absolute Gasteiger partial charge is 0.454 e. The van der Waals surface area contributed by atoms with Crippen LogP contribution in [0.4, 0.5) is 10.2 Å². The number of carbonyl (C=O) groups excluding carboxylic acids is 2. The summed E-state index contributed by atoms with van der Waals surface area (Å²) in [4.78, 5) is 52.4. The van der Waals surface area contributed by atoms with Gasteiger partial charge in [0.25, 0.3) is 0 Å². The number of hydrogen-bond donors (Lipinski definition) is 3. The first-order valence-electron chi connectivity index (χ1n) is 8.19. The van der Waals surface area contributed by atoms with E-state index in [0.29, 0.717) is 0 Å². The lowest BCUT2D eigenvalue weighted by atomic mass is 10.1. The number of nitrogens with one attached hydrogen (secondary N) is 1. The number of halogens is 1. The van der Waals surface area contributed by atoms with Gasteiger partial charge in [0.2, 0.25) is 5.91 Å². The van der Waals surface area contributed by atoms with Crippen LogP contribution >= 0.6 is 7.82 Å². The molecular weight excluding hydrogens is 416 g/mol. The van der Waals surface area contributed by atoms with Gasteiger partial charge in [-0.25, -0.2) is 23.9 Å². The molecule has 0 bridgehead atoms. The highest BCUT2D eigenvalue weighted by molar-refractivity contribution is 7.46. The predicted molar refractivity (Wildman–Crippen MR) is 92.0 cm³/mol. The third kappa shape index (κ3) is 4.74. The number of alkyl halides is 1. The van der Waals surface area contributed by atoms with Gasteiger partial charge >= 0.3 is 13.8 Å². The first-order valence-corrected chi connectivity index (χ1v) is 9.72. The normalized spacial score (nSPS) is 24.6. The van der Waals surface area contributed by atoms with E-state index in [1.54, 1.807) is 0 Å². The van der Waals surface area contributed by atoms with E-state index in [1.165, 1.54) is 17.8 Å². The first kappa shape index (κ1) is 21.2. The molecule has 2 aromatic rings. The van der Waals surface area contributed by atoms with Crippen molar-refractivity contribution in [3.63, 3.8) is 0 Å². The Bertz CT molecular complexity index is 980. The van der Waals surface area contributed by atoms with Crippen LogP contribution in [0.3, 0.4) is 0 Å². The minimum absolute atomic E-state index is 0.112. The number of ether oxygens (including phenoxy) is 2. The van der Waals surface area contributed by atoms with Crippen LogP contribution in [0.15, 0.2) is 12.7 Å². The Kier molecular flexibility index (Phi) is 5.91. The second kappa shape index (κ2) is 8.08. The maximum atomic E-state index is 14.8. The molecule has 0 aliphatic carbocycles. The number of fused-ring (bicyclic) bond motifs is 1. The highest BCUT2D eigenvalue weighted by Gasteiger charge is 2.49. The van der Waals surface area contributed by atoms with E-state index >= 15 is 0 Å². The average molecular weight is 433 g/mol. The van der Waals surface area contributed by atoms with Gasteiger partial charge in [-0.05, 0) is 0 Å². The molecule has 158 valence electrons. The number of rotatable bonds is 6. The van der Waals surface area contributed by atoms with Crippen LogP contribution in [0.1, 0.15) is 20.1 Å². The molecule has 1 saturated heterocycles. The Balaban J connectivity index is 1.95. The number of amides is 1. The van der Waals surface area contributed by atoms with Crippen molar-refractivity contribution in [2.24, 2.45) is 0 Å². The molecule has 29 heavy (non-hydrogen) atoms. The van der Waals surface area contributed by atoms with Gasteiger partial charge in [0.05, 0.1) is 12.9 Å². The van der Waals surface area contributed by atoms with Gasteiger partial charge in [-0.3, -0.25) is 18.7 Å². The summed E-state index contributed by atoms with van der Waals surface area (Å²) in [5.41, 5.74) is 0.327. The van der Waals surface area contributed by atoms with Crippen LogP contribution in [-0.2, 0) is 28.2 Å². The van der Waals surface area contributed by atoms with Crippen molar-refractivity contribution in [1.29, 1.82) is 0 Å². The van der Waals surface area contributed by atoms with Crippen LogP contribution < -0.4 is 5.32 Å². The zero-order chi connectivity index (χ0) is 21.3. The van der Waals surface area contributed by atoms with E-state index in [1.807, 2.05) is 0 Å². The summed E-state index contributed by atoms with van der Waals surface area (Å²) in [6.45, 7) is 1.58. The third-order valence-electron chi connectivity index (χ3n) is 3.90. The molecule has 4 atom stereocenters. The SMILES string of the molecule is CC(=O)Nc1ncnc2c1ncn2C1OC(COP(=O)(O)O)C(F)C1OC(C)=O. The lowest BCUT2D eigenvalue weighted by molar-refractivity contribution is -0.154. The summed E-state index contributed by atoms with van der Waals surface area (Å²) in [7, 11) is -4.87. The van der Waals surface area contributed by atoms with Gasteiger partial charge < -0.3 is 24.6 Å². The molecule has 1 amide bonds. The third-order valence-corrected chi connectivity index (χ3v) is 4.39. The fourth-order valence-electron chi connectivity index (χ4n) is 2.84. The van der Waals surface area contributed by atoms with Crippen molar-refractivity contribution in [2.45, 2.75) is 38.5 Å². The molecule has 0 saturated carbocycles. The Morgan fingerprint density at radius 2 is 2.07 bits per heavy atom. The maximum Gasteiger partial charge on any atom is 0.469 e. The summed E-state index contributed by atoms with van der Waals surface area (Å²) in [5.74, 6) is -1.07. The minimum Gasteiger partial charge on any atom is -0.454 e. The molecular formula is C14H17FN5O8P. The van der Waals surface area contributed by atoms with Crippen LogP contribution in [0.5, 0.6) is 0 Å². The molecule has 3 N–H and O–H groups in total. The van der Waals surface area contributed by atoms with Gasteiger partial charge in [-0.2, -0.15) is 0 Å². The van der Waals surface area contributed by atoms with E-state index in [0.717, 1.165) is 13.3 Å². The second-order valence-electron chi connectivity index (χ2n) is 6.10. The Morgan fingerprint density at radius 1 is 1.34 bits per heavy atom. The number of phosphoric acid groups is 1. The van der Waals surface area contributed by atoms with E-state index in [2.05, 4.69) is 24.8 Å². The topological polar surface area (TPSA) is 175 Å². The van der Waals surface area contributed by atoms with Gasteiger partial charge in [-0.1, -0.05) is 0 Å². The summed E-state index contributed by atoms with van der Waals surface area (Å²) >= 11 is 0. The second-order valence-corrected chi connectivity index (χ2v) is 7.34. The highest BCUT2D eigenvalue weighted by atomic mass is 31.2. The van der Waals surface area contributed by atoms with Crippen molar-refractivity contribution in [3.8, 4) is 0 Å². The van der Waals surface area contributed by atoms with Crippen LogP contribution in [0.2, 0.25) is 0 Å². The number of anilines is 1. The number of phosphoric ester groups is 1. The fraction of sp³-hybridized carbons (Fsp3) is 0.500. The molecule has 2 aromatic heterocycles. The van der Waals surface area contributed by atoms with Crippen LogP contribution in [0.25, 0.3) is 11.2 Å². The van der Waals surface area contributed by atoms with Crippen molar-refractivity contribution in [1.82, 2.24) is 19.5 Å². The Morgan fingerprint density at radius 3 is 2.69 bits per heavy atom. The lowest BCUT2D eigenvalue weighted by Crippen LogP contribution is -2.33. The molecule has 0 spiro atoms. The molecule has 1 aliphatic rings. The van der Waals surface area contributed by atoms with Crippen molar-refractivity contribution >= 4 is 36.7 Å². The zero-order valence-corrected chi connectivity index (χ0v) is 16.0. The van der Waals surface area contributed by atoms with Gasteiger partial charge in [0.1, 0.15) is 12.4 Å². The van der Waals surface area contributed by atoms with E-state index in [9.17, 15) is 18.5 Å². The monoisotopic (exact) mass is 433 g/mol. The highest BCUT2D eigenvalue weighted by Crippen LogP contribution is 2.40. The molecule has 15 heteroatoms. The zero-order valence-electron chi connectivity index (χ0n) is 15.1. The fourth-order valence-corrected chi connectivity index (χ4v) is 3.18. The number of nitrogens with zero attached hydrogens (tertiary/aromatic N) is 4. The number of aromatic nitrogens is 4. The number of esters is 1. The molecule has 1 fully saturated rings. The van der Waals surface area contributed by atoms with Gasteiger partial charge in [-0.15, -0.1) is 0 Å². The Hall–Kier alpha value is -2.51. The first-order chi connectivity index (χ1) is 13.6. The molecule has 0 aromatic carbocycles. The van der Waals surface area contributed by atoms with Crippen LogP contribution in [-0.4, -0.2) is 66.2 Å². The minimum atomic E-state index is -4.87. The van der Waals surface area contributed by atoms with E-state index < -0.39 is 50.9 Å². The van der Waals surface area contributed by atoms with Crippen molar-refractivity contribution in [3.05, 3.63) is 12.7 Å². The number of carbonyl (C=O) groups is 2. The van der Waals surface area contributed by atoms with Gasteiger partial charge in [0.15, 0.2) is 35.5 Å². The Labute approximate surface area is 162 Å². The van der Waals surface area contributed by atoms with Crippen molar-refractivity contribution < 1.29 is 42.3 Å². The van der Waals surface area contributed by atoms with Crippen LogP contribution in [0, 0.1) is 0 Å². The average Bonchev–Trinajstić information content (AvgIpc) is 3.15. The molecule has 3 rings (SSSR count).